The minimum absolute atomic E-state index is 0.0396. The molecule has 0 aromatic heterocycles. The first-order valence-electron chi connectivity index (χ1n) is 23.6. The highest BCUT2D eigenvalue weighted by molar-refractivity contribution is 6.00. The van der Waals surface area contributed by atoms with Crippen LogP contribution in [0.4, 0.5) is 9.59 Å². The van der Waals surface area contributed by atoms with Gasteiger partial charge in [-0.25, -0.2) is 19.2 Å². The second-order valence-electron chi connectivity index (χ2n) is 21.2. The molecule has 0 aliphatic rings. The third-order valence-electron chi connectivity index (χ3n) is 10.6. The number of rotatable bonds is 21. The Morgan fingerprint density at radius 3 is 1.04 bits per heavy atom. The first-order valence-corrected chi connectivity index (χ1v) is 23.6. The fourth-order valence-electron chi connectivity index (χ4n) is 7.34. The molecular weight excluding hydrogens is 893 g/mol. The summed E-state index contributed by atoms with van der Waals surface area (Å²) in [6.45, 7) is 21.1. The minimum atomic E-state index is -1.10. The Bertz CT molecular complexity index is 2170. The summed E-state index contributed by atoms with van der Waals surface area (Å²) in [5.41, 5.74) is 0.737. The van der Waals surface area contributed by atoms with Crippen molar-refractivity contribution in [2.24, 2.45) is 10.8 Å². The smallest absolute Gasteiger partial charge is 0.411 e. The molecule has 2 atom stereocenters. The summed E-state index contributed by atoms with van der Waals surface area (Å²) in [5, 5.41) is 0. The molecule has 0 aliphatic carbocycles. The van der Waals surface area contributed by atoms with E-state index < -0.39 is 83.0 Å². The minimum Gasteiger partial charge on any atom is -0.456 e. The molecule has 0 heterocycles. The number of carbonyl (C=O) groups is 6. The van der Waals surface area contributed by atoms with Crippen molar-refractivity contribution in [2.75, 3.05) is 39.5 Å². The predicted octanol–water partition coefficient (Wildman–Crippen LogP) is 10.5. The number of amides is 2. The predicted molar refractivity (Wildman–Crippen MR) is 267 cm³/mol. The summed E-state index contributed by atoms with van der Waals surface area (Å²) in [6.07, 6.45) is -1.42. The van der Waals surface area contributed by atoms with Crippen LogP contribution >= 0.6 is 0 Å². The lowest BCUT2D eigenvalue weighted by molar-refractivity contribution is -0.154. The van der Waals surface area contributed by atoms with Gasteiger partial charge in [0.05, 0.1) is 26.4 Å². The highest BCUT2D eigenvalue weighted by atomic mass is 16.6. The Morgan fingerprint density at radius 2 is 0.757 bits per heavy atom. The van der Waals surface area contributed by atoms with Crippen LogP contribution in [0, 0.1) is 10.8 Å². The molecule has 0 spiro atoms. The fourth-order valence-corrected chi connectivity index (χ4v) is 7.34. The molecule has 14 heteroatoms. The number of nitrogens with zero attached hydrogens (tertiary/aromatic N) is 2. The van der Waals surface area contributed by atoms with Gasteiger partial charge in [0.1, 0.15) is 23.3 Å². The van der Waals surface area contributed by atoms with E-state index in [0.717, 1.165) is 22.3 Å². The summed E-state index contributed by atoms with van der Waals surface area (Å²) in [4.78, 5) is 84.0. The zero-order chi connectivity index (χ0) is 51.9. The van der Waals surface area contributed by atoms with Gasteiger partial charge in [0, 0.05) is 24.2 Å². The zero-order valence-electron chi connectivity index (χ0n) is 43.0. The molecule has 0 saturated heterocycles. The number of hydrogen-bond acceptors (Lipinski definition) is 12. The summed E-state index contributed by atoms with van der Waals surface area (Å²) in [7, 11) is 0. The maximum Gasteiger partial charge on any atom is 0.411 e. The van der Waals surface area contributed by atoms with Gasteiger partial charge in [0.25, 0.3) is 0 Å². The maximum atomic E-state index is 13.8. The number of ether oxygens (including phenoxy) is 6. The van der Waals surface area contributed by atoms with Gasteiger partial charge in [-0.15, -0.1) is 0 Å². The van der Waals surface area contributed by atoms with Gasteiger partial charge in [-0.3, -0.25) is 19.4 Å². The molecular formula is C56H72N2O12. The van der Waals surface area contributed by atoms with Crippen molar-refractivity contribution < 1.29 is 57.2 Å². The van der Waals surface area contributed by atoms with Gasteiger partial charge in [0.15, 0.2) is 24.8 Å². The monoisotopic (exact) mass is 965 g/mol. The number of esters is 2. The second kappa shape index (κ2) is 25.0. The van der Waals surface area contributed by atoms with Crippen LogP contribution < -0.4 is 0 Å². The van der Waals surface area contributed by atoms with Gasteiger partial charge in [0.2, 0.25) is 0 Å². The number of benzene rings is 4. The molecule has 2 amide bonds. The highest BCUT2D eigenvalue weighted by Crippen LogP contribution is 2.30. The summed E-state index contributed by atoms with van der Waals surface area (Å²) < 4.78 is 34.3. The molecule has 0 aliphatic heterocycles. The van der Waals surface area contributed by atoms with Gasteiger partial charge in [-0.2, -0.15) is 0 Å². The molecule has 4 aromatic carbocycles. The van der Waals surface area contributed by atoms with Crippen LogP contribution in [0.2, 0.25) is 0 Å². The lowest BCUT2D eigenvalue weighted by Gasteiger charge is -2.38. The van der Waals surface area contributed by atoms with Gasteiger partial charge >= 0.3 is 24.1 Å². The van der Waals surface area contributed by atoms with E-state index in [-0.39, 0.29) is 26.3 Å². The maximum absolute atomic E-state index is 13.8. The average Bonchev–Trinajstić information content (AvgIpc) is 3.28. The Labute approximate surface area is 413 Å². The normalized spacial score (nSPS) is 12.8. The van der Waals surface area contributed by atoms with E-state index in [0.29, 0.717) is 24.3 Å². The van der Waals surface area contributed by atoms with Crippen molar-refractivity contribution in [1.29, 1.82) is 0 Å². The quantitative estimate of drug-likeness (QED) is 0.0336. The van der Waals surface area contributed by atoms with Crippen molar-refractivity contribution in [3.05, 3.63) is 131 Å². The number of hydrogen-bond donors (Lipinski definition) is 0. The first kappa shape index (κ1) is 56.2. The largest absolute Gasteiger partial charge is 0.456 e. The molecule has 0 fully saturated rings. The molecule has 0 N–H and O–H groups in total. The third-order valence-corrected chi connectivity index (χ3v) is 10.6. The van der Waals surface area contributed by atoms with Crippen molar-refractivity contribution in [1.82, 2.24) is 9.80 Å². The van der Waals surface area contributed by atoms with E-state index in [9.17, 15) is 28.8 Å². The Morgan fingerprint density at radius 1 is 0.443 bits per heavy atom. The van der Waals surface area contributed by atoms with E-state index in [1.54, 1.807) is 132 Å². The Balaban J connectivity index is 1.37. The Hall–Kier alpha value is -6.38. The highest BCUT2D eigenvalue weighted by Gasteiger charge is 2.43. The molecule has 0 unspecified atom stereocenters. The fraction of sp³-hybridized carbons (Fsp3) is 0.464. The van der Waals surface area contributed by atoms with Crippen LogP contribution in [0.15, 0.2) is 109 Å². The molecule has 70 heavy (non-hydrogen) atoms. The number of carbonyl (C=O) groups excluding carboxylic acids is 6. The SMILES string of the molecule is CC(C)(C)OC(=O)N(CCOCc1ccccc1)[C@H](C(=O)OCC(=O)c1ccc(-c2ccc(C(=O)COC(=O)[C@@H](N(CCOCc3ccccc3)C(=O)OC(C)(C)C)C(C)(C)C)cc2)cc1)C(C)(C)C. The van der Waals surface area contributed by atoms with Crippen molar-refractivity contribution in [3.63, 3.8) is 0 Å². The van der Waals surface area contributed by atoms with E-state index in [1.807, 2.05) is 60.7 Å². The van der Waals surface area contributed by atoms with Gasteiger partial charge < -0.3 is 28.4 Å². The lowest BCUT2D eigenvalue weighted by Crippen LogP contribution is -2.55. The van der Waals surface area contributed by atoms with Crippen molar-refractivity contribution in [2.45, 2.75) is 120 Å². The van der Waals surface area contributed by atoms with Crippen LogP contribution in [0.1, 0.15) is 115 Å². The molecule has 14 nitrogen and oxygen atoms in total. The molecule has 4 rings (SSSR count). The second-order valence-corrected chi connectivity index (χ2v) is 21.2. The van der Waals surface area contributed by atoms with Gasteiger partial charge in [-0.05, 0) is 74.6 Å². The number of Topliss-reactive ketones (excluding diaryl/α,β-unsaturated/α-hetero) is 2. The summed E-state index contributed by atoms with van der Waals surface area (Å²) in [5.74, 6) is -2.41. The van der Waals surface area contributed by atoms with Crippen molar-refractivity contribution in [3.8, 4) is 11.1 Å². The van der Waals surface area contributed by atoms with E-state index in [2.05, 4.69) is 0 Å². The summed E-state index contributed by atoms with van der Waals surface area (Å²) in [6, 6.07) is 30.4. The van der Waals surface area contributed by atoms with Gasteiger partial charge in [-0.1, -0.05) is 151 Å². The summed E-state index contributed by atoms with van der Waals surface area (Å²) >= 11 is 0. The zero-order valence-corrected chi connectivity index (χ0v) is 43.0. The van der Waals surface area contributed by atoms with Crippen LogP contribution in [0.5, 0.6) is 0 Å². The first-order chi connectivity index (χ1) is 32.7. The Kier molecular flexibility index (Phi) is 20.0. The van der Waals surface area contributed by atoms with E-state index in [4.69, 9.17) is 28.4 Å². The van der Waals surface area contributed by atoms with E-state index >= 15 is 0 Å². The number of ketones is 2. The molecule has 0 saturated carbocycles. The van der Waals surface area contributed by atoms with Crippen LogP contribution in [0.3, 0.4) is 0 Å². The van der Waals surface area contributed by atoms with Crippen LogP contribution in [0.25, 0.3) is 11.1 Å². The van der Waals surface area contributed by atoms with Crippen LogP contribution in [-0.2, 0) is 51.2 Å². The van der Waals surface area contributed by atoms with Crippen molar-refractivity contribution >= 4 is 35.7 Å². The van der Waals surface area contributed by atoms with Crippen LogP contribution in [-0.4, -0.2) is 108 Å². The molecule has 4 aromatic rings. The average molecular weight is 965 g/mol. The standard InChI is InChI=1S/C56H72N2O12/c1-53(2,3)47(57(51(63)69-55(7,8)9)31-33-65-35-39-19-15-13-16-20-39)49(61)67-37-45(59)43-27-23-41(24-28-43)42-25-29-44(30-26-42)46(60)38-68-50(62)48(54(4,5)6)58(52(64)70-56(10,11)12)32-34-66-36-40-21-17-14-18-22-40/h13-30,47-48H,31-38H2,1-12H3/t47-,48-/m1/s1. The lowest BCUT2D eigenvalue weighted by atomic mass is 9.85. The topological polar surface area (TPSA) is 164 Å². The molecule has 0 radical (unpaired) electrons. The van der Waals surface area contributed by atoms with E-state index in [1.165, 1.54) is 9.80 Å². The molecule has 0 bridgehead atoms. The third kappa shape index (κ3) is 18.2. The molecule has 378 valence electrons.